The molecule has 1 heterocycles. The molecule has 0 fully saturated rings. The predicted molar refractivity (Wildman–Crippen MR) is 76.2 cm³/mol. The Kier molecular flexibility index (Phi) is 8.77. The third kappa shape index (κ3) is 6.91. The van der Waals surface area contributed by atoms with Gasteiger partial charge in [0, 0.05) is 6.54 Å². The van der Waals surface area contributed by atoms with E-state index in [2.05, 4.69) is 29.4 Å². The Bertz CT molecular complexity index is 304. The van der Waals surface area contributed by atoms with E-state index in [1.165, 1.54) is 25.7 Å². The first-order valence-electron chi connectivity index (χ1n) is 7.02. The summed E-state index contributed by atoms with van der Waals surface area (Å²) in [5.74, 6) is 0. The van der Waals surface area contributed by atoms with E-state index in [-0.39, 0.29) is 0 Å². The molecule has 0 aromatic carbocycles. The highest BCUT2D eigenvalue weighted by molar-refractivity contribution is 7.13. The van der Waals surface area contributed by atoms with E-state index in [1.54, 1.807) is 11.3 Å². The maximum absolute atomic E-state index is 5.59. The maximum atomic E-state index is 5.59. The van der Waals surface area contributed by atoms with Crippen molar-refractivity contribution in [1.82, 2.24) is 15.5 Å². The van der Waals surface area contributed by atoms with Crippen LogP contribution in [0, 0.1) is 0 Å². The van der Waals surface area contributed by atoms with Crippen molar-refractivity contribution in [1.29, 1.82) is 0 Å². The lowest BCUT2D eigenvalue weighted by Crippen LogP contribution is -2.13. The third-order valence-corrected chi connectivity index (χ3v) is 3.46. The first-order valence-corrected chi connectivity index (χ1v) is 7.84. The van der Waals surface area contributed by atoms with Crippen molar-refractivity contribution in [2.45, 2.75) is 58.9 Å². The van der Waals surface area contributed by atoms with Gasteiger partial charge in [-0.15, -0.1) is 10.2 Å². The van der Waals surface area contributed by atoms with Crippen LogP contribution in [0.25, 0.3) is 0 Å². The number of nitrogens with zero attached hydrogens (tertiary/aromatic N) is 2. The van der Waals surface area contributed by atoms with Crippen molar-refractivity contribution >= 4 is 11.3 Å². The number of nitrogens with one attached hydrogen (secondary N) is 1. The fraction of sp³-hybridized carbons (Fsp3) is 0.846. The molecule has 0 saturated heterocycles. The molecule has 0 spiro atoms. The Morgan fingerprint density at radius 2 is 1.89 bits per heavy atom. The molecule has 104 valence electrons. The molecule has 0 radical (unpaired) electrons. The highest BCUT2D eigenvalue weighted by Gasteiger charge is 2.04. The van der Waals surface area contributed by atoms with Crippen LogP contribution in [-0.2, 0) is 6.54 Å². The van der Waals surface area contributed by atoms with Gasteiger partial charge in [0.25, 0.3) is 5.19 Å². The molecule has 1 rings (SSSR count). The molecule has 0 saturated carbocycles. The van der Waals surface area contributed by atoms with Crippen LogP contribution in [0.1, 0.15) is 57.4 Å². The summed E-state index contributed by atoms with van der Waals surface area (Å²) < 4.78 is 5.59. The first kappa shape index (κ1) is 15.4. The minimum atomic E-state index is 0.707. The smallest absolute Gasteiger partial charge is 0.294 e. The van der Waals surface area contributed by atoms with Crippen LogP contribution < -0.4 is 10.1 Å². The monoisotopic (exact) mass is 271 g/mol. The molecular formula is C13H25N3OS. The SMILES string of the molecule is CCCCCCCOc1nnc(CNCCC)s1. The topological polar surface area (TPSA) is 47.0 Å². The molecule has 18 heavy (non-hydrogen) atoms. The minimum Gasteiger partial charge on any atom is -0.469 e. The van der Waals surface area contributed by atoms with Crippen LogP contribution >= 0.6 is 11.3 Å². The fourth-order valence-corrected chi connectivity index (χ4v) is 2.29. The van der Waals surface area contributed by atoms with E-state index >= 15 is 0 Å². The van der Waals surface area contributed by atoms with Crippen molar-refractivity contribution in [3.05, 3.63) is 5.01 Å². The number of hydrogen-bond donors (Lipinski definition) is 1. The molecule has 1 N–H and O–H groups in total. The van der Waals surface area contributed by atoms with Crippen molar-refractivity contribution in [2.75, 3.05) is 13.2 Å². The van der Waals surface area contributed by atoms with E-state index < -0.39 is 0 Å². The molecule has 1 aromatic heterocycles. The summed E-state index contributed by atoms with van der Waals surface area (Å²) >= 11 is 1.54. The number of ether oxygens (including phenoxy) is 1. The van der Waals surface area contributed by atoms with E-state index in [0.29, 0.717) is 5.19 Å². The average molecular weight is 271 g/mol. The van der Waals surface area contributed by atoms with Crippen molar-refractivity contribution in [2.24, 2.45) is 0 Å². The summed E-state index contributed by atoms with van der Waals surface area (Å²) in [6.07, 6.45) is 7.42. The van der Waals surface area contributed by atoms with Gasteiger partial charge < -0.3 is 10.1 Å². The molecule has 0 bridgehead atoms. The molecule has 0 aliphatic rings. The number of rotatable bonds is 11. The standard InChI is InChI=1S/C13H25N3OS/c1-3-5-6-7-8-10-17-13-16-15-12(18-13)11-14-9-4-2/h14H,3-11H2,1-2H3. The normalized spacial score (nSPS) is 10.8. The van der Waals surface area contributed by atoms with Gasteiger partial charge in [0.05, 0.1) is 6.61 Å². The van der Waals surface area contributed by atoms with Crippen LogP contribution in [0.2, 0.25) is 0 Å². The zero-order valence-corrected chi connectivity index (χ0v) is 12.4. The van der Waals surface area contributed by atoms with E-state index in [0.717, 1.165) is 37.5 Å². The lowest BCUT2D eigenvalue weighted by Gasteiger charge is -2.01. The van der Waals surface area contributed by atoms with Gasteiger partial charge in [0.1, 0.15) is 5.01 Å². The second-order valence-electron chi connectivity index (χ2n) is 4.40. The predicted octanol–water partition coefficient (Wildman–Crippen LogP) is 3.39. The maximum Gasteiger partial charge on any atom is 0.294 e. The van der Waals surface area contributed by atoms with Crippen LogP contribution in [0.3, 0.4) is 0 Å². The largest absolute Gasteiger partial charge is 0.469 e. The Balaban J connectivity index is 2.07. The van der Waals surface area contributed by atoms with Gasteiger partial charge >= 0.3 is 0 Å². The van der Waals surface area contributed by atoms with Gasteiger partial charge in [0.15, 0.2) is 0 Å². The van der Waals surface area contributed by atoms with E-state index in [4.69, 9.17) is 4.74 Å². The van der Waals surface area contributed by atoms with Crippen LogP contribution in [0.4, 0.5) is 0 Å². The Labute approximate surface area is 114 Å². The molecule has 1 aromatic rings. The van der Waals surface area contributed by atoms with Crippen LogP contribution in [-0.4, -0.2) is 23.3 Å². The van der Waals surface area contributed by atoms with Crippen molar-refractivity contribution < 1.29 is 4.74 Å². The van der Waals surface area contributed by atoms with Crippen LogP contribution in [0.15, 0.2) is 0 Å². The fourth-order valence-electron chi connectivity index (χ4n) is 1.61. The second-order valence-corrected chi connectivity index (χ2v) is 5.43. The van der Waals surface area contributed by atoms with Gasteiger partial charge in [-0.25, -0.2) is 0 Å². The number of aromatic nitrogens is 2. The molecule has 5 heteroatoms. The van der Waals surface area contributed by atoms with Gasteiger partial charge in [-0.2, -0.15) is 0 Å². The Morgan fingerprint density at radius 3 is 2.67 bits per heavy atom. The third-order valence-electron chi connectivity index (χ3n) is 2.62. The van der Waals surface area contributed by atoms with E-state index in [1.807, 2.05) is 0 Å². The molecule has 0 aliphatic heterocycles. The lowest BCUT2D eigenvalue weighted by molar-refractivity contribution is 0.300. The van der Waals surface area contributed by atoms with Gasteiger partial charge in [-0.1, -0.05) is 50.9 Å². The summed E-state index contributed by atoms with van der Waals surface area (Å²) in [5, 5.41) is 13.2. The number of unbranched alkanes of at least 4 members (excludes halogenated alkanes) is 4. The number of hydrogen-bond acceptors (Lipinski definition) is 5. The zero-order chi connectivity index (χ0) is 13.1. The molecule has 0 unspecified atom stereocenters. The summed E-state index contributed by atoms with van der Waals surface area (Å²) in [4.78, 5) is 0. The first-order chi connectivity index (χ1) is 8.86. The summed E-state index contributed by atoms with van der Waals surface area (Å²) in [5.41, 5.74) is 0. The van der Waals surface area contributed by atoms with Gasteiger partial charge in [-0.05, 0) is 19.4 Å². The quantitative estimate of drug-likeness (QED) is 0.627. The summed E-state index contributed by atoms with van der Waals surface area (Å²) in [7, 11) is 0. The molecule has 4 nitrogen and oxygen atoms in total. The highest BCUT2D eigenvalue weighted by atomic mass is 32.1. The molecule has 0 aliphatic carbocycles. The Hall–Kier alpha value is -0.680. The van der Waals surface area contributed by atoms with Crippen molar-refractivity contribution in [3.8, 4) is 5.19 Å². The zero-order valence-electron chi connectivity index (χ0n) is 11.6. The summed E-state index contributed by atoms with van der Waals surface area (Å²) in [6.45, 7) is 6.96. The van der Waals surface area contributed by atoms with Crippen molar-refractivity contribution in [3.63, 3.8) is 0 Å². The van der Waals surface area contributed by atoms with Gasteiger partial charge in [0.2, 0.25) is 0 Å². The molecular weight excluding hydrogens is 246 g/mol. The highest BCUT2D eigenvalue weighted by Crippen LogP contribution is 2.18. The summed E-state index contributed by atoms with van der Waals surface area (Å²) in [6, 6.07) is 0. The minimum absolute atomic E-state index is 0.707. The molecule has 0 atom stereocenters. The average Bonchev–Trinajstić information content (AvgIpc) is 2.82. The molecule has 0 amide bonds. The van der Waals surface area contributed by atoms with E-state index in [9.17, 15) is 0 Å². The van der Waals surface area contributed by atoms with Crippen LogP contribution in [0.5, 0.6) is 5.19 Å². The van der Waals surface area contributed by atoms with Gasteiger partial charge in [-0.3, -0.25) is 0 Å². The Morgan fingerprint density at radius 1 is 1.06 bits per heavy atom. The second kappa shape index (κ2) is 10.3. The lowest BCUT2D eigenvalue weighted by atomic mass is 10.2.